The van der Waals surface area contributed by atoms with Crippen molar-refractivity contribution >= 4 is 12.0 Å². The molecule has 7 heteroatoms. The van der Waals surface area contributed by atoms with Crippen LogP contribution in [0, 0.1) is 0 Å². The van der Waals surface area contributed by atoms with E-state index in [4.69, 9.17) is 9.84 Å². The van der Waals surface area contributed by atoms with Gasteiger partial charge in [0.25, 0.3) is 0 Å². The van der Waals surface area contributed by atoms with Crippen LogP contribution >= 0.6 is 0 Å². The van der Waals surface area contributed by atoms with Crippen LogP contribution in [0.15, 0.2) is 0 Å². The average molecular weight is 246 g/mol. The molecular formula is C10H18N2O5. The molecule has 0 saturated carbocycles. The van der Waals surface area contributed by atoms with Crippen LogP contribution < -0.4 is 5.32 Å². The van der Waals surface area contributed by atoms with Crippen molar-refractivity contribution < 1.29 is 24.5 Å². The Bertz CT molecular complexity index is 292. The van der Waals surface area contributed by atoms with Crippen LogP contribution in [0.25, 0.3) is 0 Å². The molecule has 1 aliphatic rings. The predicted molar refractivity (Wildman–Crippen MR) is 58.7 cm³/mol. The van der Waals surface area contributed by atoms with Gasteiger partial charge in [0.1, 0.15) is 6.61 Å². The molecule has 0 aromatic rings. The average Bonchev–Trinajstić information content (AvgIpc) is 2.57. The SMILES string of the molecule is CC1(O)CCN(C(=O)NCCOCC(=O)O)C1. The lowest BCUT2D eigenvalue weighted by Gasteiger charge is -2.19. The Labute approximate surface area is 99.4 Å². The Morgan fingerprint density at radius 2 is 2.24 bits per heavy atom. The molecule has 1 aliphatic heterocycles. The summed E-state index contributed by atoms with van der Waals surface area (Å²) in [6, 6.07) is -0.262. The van der Waals surface area contributed by atoms with Gasteiger partial charge in [-0.3, -0.25) is 0 Å². The van der Waals surface area contributed by atoms with E-state index in [2.05, 4.69) is 5.32 Å². The van der Waals surface area contributed by atoms with Crippen molar-refractivity contribution in [1.29, 1.82) is 0 Å². The third-order valence-corrected chi connectivity index (χ3v) is 2.49. The standard InChI is InChI=1S/C10H18N2O5/c1-10(16)2-4-12(7-10)9(15)11-3-5-17-6-8(13)14/h16H,2-7H2,1H3,(H,11,15)(H,13,14). The Hall–Kier alpha value is -1.34. The second-order valence-electron chi connectivity index (χ2n) is 4.35. The number of hydrogen-bond donors (Lipinski definition) is 3. The predicted octanol–water partition coefficient (Wildman–Crippen LogP) is -0.746. The Kier molecular flexibility index (Phi) is 4.71. The molecule has 1 saturated heterocycles. The summed E-state index contributed by atoms with van der Waals surface area (Å²) in [5.41, 5.74) is -0.808. The van der Waals surface area contributed by atoms with E-state index in [1.807, 2.05) is 0 Å². The molecule has 3 N–H and O–H groups in total. The van der Waals surface area contributed by atoms with E-state index in [1.54, 1.807) is 6.92 Å². The molecule has 0 aliphatic carbocycles. The zero-order chi connectivity index (χ0) is 12.9. The monoisotopic (exact) mass is 246 g/mol. The fraction of sp³-hybridized carbons (Fsp3) is 0.800. The summed E-state index contributed by atoms with van der Waals surface area (Å²) in [6.45, 7) is 2.57. The van der Waals surface area contributed by atoms with Crippen LogP contribution in [-0.4, -0.2) is 65.6 Å². The normalized spacial score (nSPS) is 23.8. The highest BCUT2D eigenvalue weighted by molar-refractivity contribution is 5.74. The number of carboxylic acids is 1. The van der Waals surface area contributed by atoms with Crippen molar-refractivity contribution in [3.05, 3.63) is 0 Å². The Balaban J connectivity index is 2.12. The first-order valence-corrected chi connectivity index (χ1v) is 5.45. The number of nitrogens with zero attached hydrogens (tertiary/aromatic N) is 1. The van der Waals surface area contributed by atoms with Gasteiger partial charge < -0.3 is 25.2 Å². The number of hydrogen-bond acceptors (Lipinski definition) is 4. The number of urea groups is 1. The van der Waals surface area contributed by atoms with Crippen molar-refractivity contribution in [1.82, 2.24) is 10.2 Å². The maximum atomic E-state index is 11.6. The van der Waals surface area contributed by atoms with E-state index in [9.17, 15) is 14.7 Å². The Morgan fingerprint density at radius 3 is 2.76 bits per heavy atom. The lowest BCUT2D eigenvalue weighted by Crippen LogP contribution is -2.41. The summed E-state index contributed by atoms with van der Waals surface area (Å²) in [5.74, 6) is -1.04. The van der Waals surface area contributed by atoms with E-state index in [0.717, 1.165) is 0 Å². The summed E-state index contributed by atoms with van der Waals surface area (Å²) in [5, 5.41) is 20.6. The molecule has 7 nitrogen and oxygen atoms in total. The molecular weight excluding hydrogens is 228 g/mol. The first-order valence-electron chi connectivity index (χ1n) is 5.45. The molecule has 0 aromatic heterocycles. The third kappa shape index (κ3) is 5.01. The highest BCUT2D eigenvalue weighted by Gasteiger charge is 2.33. The minimum atomic E-state index is -1.04. The molecule has 1 heterocycles. The van der Waals surface area contributed by atoms with Crippen molar-refractivity contribution in [2.75, 3.05) is 32.8 Å². The molecule has 0 radical (unpaired) electrons. The van der Waals surface area contributed by atoms with Gasteiger partial charge in [-0.05, 0) is 13.3 Å². The summed E-state index contributed by atoms with van der Waals surface area (Å²) >= 11 is 0. The van der Waals surface area contributed by atoms with E-state index in [0.29, 0.717) is 19.5 Å². The fourth-order valence-corrected chi connectivity index (χ4v) is 1.62. The first kappa shape index (κ1) is 13.7. The van der Waals surface area contributed by atoms with E-state index < -0.39 is 11.6 Å². The zero-order valence-corrected chi connectivity index (χ0v) is 9.81. The van der Waals surface area contributed by atoms with E-state index >= 15 is 0 Å². The number of rotatable bonds is 5. The van der Waals surface area contributed by atoms with Gasteiger partial charge in [0.2, 0.25) is 0 Å². The number of aliphatic carboxylic acids is 1. The number of aliphatic hydroxyl groups is 1. The number of carbonyl (C=O) groups excluding carboxylic acids is 1. The highest BCUT2D eigenvalue weighted by atomic mass is 16.5. The van der Waals surface area contributed by atoms with Crippen LogP contribution in [0.5, 0.6) is 0 Å². The van der Waals surface area contributed by atoms with Gasteiger partial charge in [0.05, 0.1) is 18.8 Å². The van der Waals surface area contributed by atoms with Gasteiger partial charge in [-0.25, -0.2) is 9.59 Å². The largest absolute Gasteiger partial charge is 0.480 e. The van der Waals surface area contributed by atoms with Crippen LogP contribution in [0.4, 0.5) is 4.79 Å². The zero-order valence-electron chi connectivity index (χ0n) is 9.81. The minimum Gasteiger partial charge on any atom is -0.480 e. The van der Waals surface area contributed by atoms with Gasteiger partial charge in [-0.1, -0.05) is 0 Å². The quantitative estimate of drug-likeness (QED) is 0.554. The van der Waals surface area contributed by atoms with E-state index in [-0.39, 0.29) is 25.8 Å². The van der Waals surface area contributed by atoms with Gasteiger partial charge in [-0.2, -0.15) is 0 Å². The van der Waals surface area contributed by atoms with Crippen molar-refractivity contribution in [3.63, 3.8) is 0 Å². The number of amides is 2. The molecule has 1 unspecified atom stereocenters. The van der Waals surface area contributed by atoms with Crippen LogP contribution in [-0.2, 0) is 9.53 Å². The third-order valence-electron chi connectivity index (χ3n) is 2.49. The lowest BCUT2D eigenvalue weighted by molar-refractivity contribution is -0.142. The van der Waals surface area contributed by atoms with Gasteiger partial charge >= 0.3 is 12.0 Å². The lowest BCUT2D eigenvalue weighted by atomic mass is 10.1. The number of likely N-dealkylation sites (tertiary alicyclic amines) is 1. The summed E-state index contributed by atoms with van der Waals surface area (Å²) in [6.07, 6.45) is 0.565. The smallest absolute Gasteiger partial charge is 0.329 e. The topological polar surface area (TPSA) is 99.1 Å². The molecule has 1 rings (SSSR count). The van der Waals surface area contributed by atoms with Crippen molar-refractivity contribution in [2.24, 2.45) is 0 Å². The second kappa shape index (κ2) is 5.83. The number of ether oxygens (including phenoxy) is 1. The highest BCUT2D eigenvalue weighted by Crippen LogP contribution is 2.19. The summed E-state index contributed by atoms with van der Waals surface area (Å²) in [4.78, 5) is 23.2. The molecule has 0 spiro atoms. The molecule has 1 fully saturated rings. The number of carboxylic acid groups (broad SMARTS) is 1. The molecule has 0 aromatic carbocycles. The molecule has 98 valence electrons. The van der Waals surface area contributed by atoms with Crippen LogP contribution in [0.2, 0.25) is 0 Å². The van der Waals surface area contributed by atoms with Crippen LogP contribution in [0.3, 0.4) is 0 Å². The summed E-state index contributed by atoms with van der Waals surface area (Å²) in [7, 11) is 0. The maximum absolute atomic E-state index is 11.6. The summed E-state index contributed by atoms with van der Waals surface area (Å²) < 4.78 is 4.77. The number of β-amino-alcohol motifs (C(OH)–C–C–N with tert-alkyl or cyclic N) is 1. The van der Waals surface area contributed by atoms with Gasteiger partial charge in [-0.15, -0.1) is 0 Å². The minimum absolute atomic E-state index is 0.155. The number of nitrogens with one attached hydrogen (secondary N) is 1. The van der Waals surface area contributed by atoms with Gasteiger partial charge in [0, 0.05) is 13.1 Å². The molecule has 1 atom stereocenters. The van der Waals surface area contributed by atoms with Crippen LogP contribution in [0.1, 0.15) is 13.3 Å². The fourth-order valence-electron chi connectivity index (χ4n) is 1.62. The molecule has 0 bridgehead atoms. The van der Waals surface area contributed by atoms with Crippen molar-refractivity contribution in [2.45, 2.75) is 18.9 Å². The molecule has 2 amide bonds. The number of carbonyl (C=O) groups is 2. The van der Waals surface area contributed by atoms with E-state index in [1.165, 1.54) is 4.90 Å². The first-order chi connectivity index (χ1) is 7.91. The van der Waals surface area contributed by atoms with Crippen molar-refractivity contribution in [3.8, 4) is 0 Å². The van der Waals surface area contributed by atoms with Gasteiger partial charge in [0.15, 0.2) is 0 Å². The molecule has 17 heavy (non-hydrogen) atoms. The second-order valence-corrected chi connectivity index (χ2v) is 4.35. The maximum Gasteiger partial charge on any atom is 0.329 e. The Morgan fingerprint density at radius 1 is 1.53 bits per heavy atom.